The molecule has 0 bridgehead atoms. The number of aliphatic hydroxyl groups excluding tert-OH is 2. The van der Waals surface area contributed by atoms with Crippen molar-refractivity contribution in [2.24, 2.45) is 0 Å². The largest absolute Gasteiger partial charge is 0.392 e. The van der Waals surface area contributed by atoms with Gasteiger partial charge in [-0.3, -0.25) is 4.90 Å². The summed E-state index contributed by atoms with van der Waals surface area (Å²) in [4.78, 5) is 2.27. The van der Waals surface area contributed by atoms with E-state index in [2.05, 4.69) is 11.5 Å². The second kappa shape index (κ2) is 7.85. The molecule has 1 saturated heterocycles. The van der Waals surface area contributed by atoms with Gasteiger partial charge in [0.05, 0.1) is 12.2 Å². The third kappa shape index (κ3) is 4.78. The second-order valence-electron chi connectivity index (χ2n) is 5.05. The minimum absolute atomic E-state index is 0.243. The predicted octanol–water partition coefficient (Wildman–Crippen LogP) is 1.94. The highest BCUT2D eigenvalue weighted by Gasteiger charge is 2.28. The molecule has 0 aromatic rings. The van der Waals surface area contributed by atoms with Crippen LogP contribution in [0.2, 0.25) is 0 Å². The number of allylic oxidation sites excluding steroid dienone is 1. The van der Waals surface area contributed by atoms with Crippen molar-refractivity contribution >= 4 is 0 Å². The molecule has 2 N–H and O–H groups in total. The van der Waals surface area contributed by atoms with E-state index in [1.807, 2.05) is 13.0 Å². The van der Waals surface area contributed by atoms with Gasteiger partial charge >= 0.3 is 0 Å². The molecule has 100 valence electrons. The van der Waals surface area contributed by atoms with Crippen molar-refractivity contribution in [3.8, 4) is 0 Å². The Kier molecular flexibility index (Phi) is 6.78. The predicted molar refractivity (Wildman–Crippen MR) is 70.9 cm³/mol. The maximum absolute atomic E-state index is 10.0. The third-order valence-electron chi connectivity index (χ3n) is 3.68. The van der Waals surface area contributed by atoms with Crippen molar-refractivity contribution in [2.75, 3.05) is 13.1 Å². The number of piperidine rings is 1. The molecule has 3 nitrogen and oxygen atoms in total. The maximum atomic E-state index is 10.0. The molecule has 1 aliphatic heterocycles. The Morgan fingerprint density at radius 3 is 2.82 bits per heavy atom. The molecule has 0 aromatic heterocycles. The topological polar surface area (TPSA) is 43.7 Å². The molecule has 0 spiro atoms. The summed E-state index contributed by atoms with van der Waals surface area (Å²) in [6.45, 7) is 7.39. The van der Waals surface area contributed by atoms with Crippen LogP contribution >= 0.6 is 0 Å². The monoisotopic (exact) mass is 241 g/mol. The smallest absolute Gasteiger partial charge is 0.0692 e. The van der Waals surface area contributed by atoms with Crippen LogP contribution in [0.5, 0.6) is 0 Å². The van der Waals surface area contributed by atoms with E-state index in [1.165, 1.54) is 12.8 Å². The van der Waals surface area contributed by atoms with Gasteiger partial charge in [0.25, 0.3) is 0 Å². The van der Waals surface area contributed by atoms with Gasteiger partial charge in [0.2, 0.25) is 0 Å². The summed E-state index contributed by atoms with van der Waals surface area (Å²) in [6.07, 6.45) is 7.16. The van der Waals surface area contributed by atoms with E-state index >= 15 is 0 Å². The van der Waals surface area contributed by atoms with Gasteiger partial charge in [-0.25, -0.2) is 0 Å². The minimum Gasteiger partial charge on any atom is -0.392 e. The summed E-state index contributed by atoms with van der Waals surface area (Å²) in [5, 5.41) is 19.9. The van der Waals surface area contributed by atoms with E-state index in [9.17, 15) is 10.2 Å². The molecule has 17 heavy (non-hydrogen) atoms. The second-order valence-corrected chi connectivity index (χ2v) is 5.05. The highest BCUT2D eigenvalue weighted by molar-refractivity contribution is 4.84. The van der Waals surface area contributed by atoms with Gasteiger partial charge in [-0.2, -0.15) is 0 Å². The molecule has 3 atom stereocenters. The van der Waals surface area contributed by atoms with Gasteiger partial charge in [-0.15, -0.1) is 6.58 Å². The van der Waals surface area contributed by atoms with E-state index < -0.39 is 0 Å². The number of likely N-dealkylation sites (tertiary alicyclic amines) is 1. The van der Waals surface area contributed by atoms with Gasteiger partial charge in [-0.05, 0) is 38.6 Å². The summed E-state index contributed by atoms with van der Waals surface area (Å²) in [7, 11) is 0. The first kappa shape index (κ1) is 14.7. The van der Waals surface area contributed by atoms with Gasteiger partial charge in [-0.1, -0.05) is 19.4 Å². The van der Waals surface area contributed by atoms with Crippen molar-refractivity contribution in [2.45, 2.75) is 63.7 Å². The van der Waals surface area contributed by atoms with Crippen LogP contribution in [0.3, 0.4) is 0 Å². The van der Waals surface area contributed by atoms with Gasteiger partial charge < -0.3 is 10.2 Å². The first-order chi connectivity index (χ1) is 8.19. The zero-order chi connectivity index (χ0) is 12.7. The summed E-state index contributed by atoms with van der Waals surface area (Å²) in [5.41, 5.74) is 0. The first-order valence-corrected chi connectivity index (χ1v) is 6.90. The lowest BCUT2D eigenvalue weighted by molar-refractivity contribution is -0.00196. The average Bonchev–Trinajstić information content (AvgIpc) is 2.36. The van der Waals surface area contributed by atoms with Crippen LogP contribution in [0.1, 0.15) is 45.4 Å². The Labute approximate surface area is 105 Å². The van der Waals surface area contributed by atoms with Crippen molar-refractivity contribution in [1.82, 2.24) is 4.90 Å². The third-order valence-corrected chi connectivity index (χ3v) is 3.68. The fourth-order valence-corrected chi connectivity index (χ4v) is 2.62. The van der Waals surface area contributed by atoms with Crippen molar-refractivity contribution in [3.05, 3.63) is 12.7 Å². The zero-order valence-corrected chi connectivity index (χ0v) is 11.0. The molecule has 3 unspecified atom stereocenters. The van der Waals surface area contributed by atoms with E-state index in [1.54, 1.807) is 0 Å². The average molecular weight is 241 g/mol. The zero-order valence-electron chi connectivity index (χ0n) is 11.0. The molecule has 1 fully saturated rings. The normalized spacial score (nSPS) is 25.5. The van der Waals surface area contributed by atoms with Crippen molar-refractivity contribution in [1.29, 1.82) is 0 Å². The molecule has 1 rings (SSSR count). The number of nitrogens with zero attached hydrogens (tertiary/aromatic N) is 1. The summed E-state index contributed by atoms with van der Waals surface area (Å²) in [5.74, 6) is 0. The van der Waals surface area contributed by atoms with Crippen LogP contribution < -0.4 is 0 Å². The number of hydrogen-bond acceptors (Lipinski definition) is 3. The molecular formula is C14H27NO2. The Morgan fingerprint density at radius 1 is 1.41 bits per heavy atom. The Balaban J connectivity index is 2.44. The maximum Gasteiger partial charge on any atom is 0.0692 e. The lowest BCUT2D eigenvalue weighted by Crippen LogP contribution is -2.49. The van der Waals surface area contributed by atoms with Crippen LogP contribution in [0.15, 0.2) is 12.7 Å². The van der Waals surface area contributed by atoms with Crippen molar-refractivity contribution < 1.29 is 10.2 Å². The highest BCUT2D eigenvalue weighted by Crippen LogP contribution is 2.21. The fourth-order valence-electron chi connectivity index (χ4n) is 2.62. The molecule has 0 aliphatic carbocycles. The van der Waals surface area contributed by atoms with Gasteiger partial charge in [0.1, 0.15) is 0 Å². The number of aliphatic hydroxyl groups is 2. The fraction of sp³-hybridized carbons (Fsp3) is 0.857. The Bertz CT molecular complexity index is 220. The van der Waals surface area contributed by atoms with Gasteiger partial charge in [0.15, 0.2) is 0 Å². The number of rotatable bonds is 7. The number of β-amino-alcohol motifs (C(OH)–C–C–N with tert-alkyl or cyclic N) is 1. The summed E-state index contributed by atoms with van der Waals surface area (Å²) in [6, 6.07) is 0.243. The molecule has 0 saturated carbocycles. The lowest BCUT2D eigenvalue weighted by Gasteiger charge is -2.39. The molecule has 3 heteroatoms. The summed E-state index contributed by atoms with van der Waals surface area (Å²) >= 11 is 0. The highest BCUT2D eigenvalue weighted by atomic mass is 16.3. The van der Waals surface area contributed by atoms with E-state index in [-0.39, 0.29) is 18.2 Å². The lowest BCUT2D eigenvalue weighted by atomic mass is 9.95. The SMILES string of the molecule is C=CCCC(O)CN1CCCCC1C(O)CC. The summed E-state index contributed by atoms with van der Waals surface area (Å²) < 4.78 is 0. The van der Waals surface area contributed by atoms with Crippen molar-refractivity contribution in [3.63, 3.8) is 0 Å². The molecule has 0 aromatic carbocycles. The van der Waals surface area contributed by atoms with Gasteiger partial charge in [0, 0.05) is 12.6 Å². The van der Waals surface area contributed by atoms with Crippen LogP contribution in [-0.4, -0.2) is 46.5 Å². The molecule has 1 aliphatic rings. The van der Waals surface area contributed by atoms with E-state index in [4.69, 9.17) is 0 Å². The Morgan fingerprint density at radius 2 is 2.18 bits per heavy atom. The van der Waals surface area contributed by atoms with Crippen LogP contribution in [-0.2, 0) is 0 Å². The molecule has 0 amide bonds. The molecule has 0 radical (unpaired) electrons. The van der Waals surface area contributed by atoms with Crippen LogP contribution in [0.4, 0.5) is 0 Å². The van der Waals surface area contributed by atoms with E-state index in [0.717, 1.165) is 32.2 Å². The van der Waals surface area contributed by atoms with E-state index in [0.29, 0.717) is 6.54 Å². The van der Waals surface area contributed by atoms with Crippen LogP contribution in [0, 0.1) is 0 Å². The Hall–Kier alpha value is -0.380. The first-order valence-electron chi connectivity index (χ1n) is 6.90. The molecular weight excluding hydrogens is 214 g/mol. The standard InChI is InChI=1S/C14H27NO2/c1-3-5-8-12(16)11-15-10-7-6-9-13(15)14(17)4-2/h3,12-14,16-17H,1,4-11H2,2H3. The minimum atomic E-state index is -0.294. The van der Waals surface area contributed by atoms with Crippen LogP contribution in [0.25, 0.3) is 0 Å². The number of hydrogen-bond donors (Lipinski definition) is 2. The quantitative estimate of drug-likeness (QED) is 0.669. The molecule has 1 heterocycles.